The van der Waals surface area contributed by atoms with Crippen LogP contribution in [0.15, 0.2) is 23.8 Å². The van der Waals surface area contributed by atoms with Crippen molar-refractivity contribution in [2.75, 3.05) is 6.61 Å². The van der Waals surface area contributed by atoms with E-state index in [1.807, 2.05) is 13.8 Å². The second-order valence-electron chi connectivity index (χ2n) is 17.9. The van der Waals surface area contributed by atoms with E-state index < -0.39 is 101 Å². The van der Waals surface area contributed by atoms with Crippen LogP contribution in [0.4, 0.5) is 0 Å². The predicted octanol–water partition coefficient (Wildman–Crippen LogP) is 1.94. The quantitative estimate of drug-likeness (QED) is 0.110. The summed E-state index contributed by atoms with van der Waals surface area (Å²) in [5.74, 6) is -1.87. The lowest BCUT2D eigenvalue weighted by Gasteiger charge is -2.66. The number of allylic oxidation sites excluding steroid dienone is 1. The third-order valence-electron chi connectivity index (χ3n) is 14.1. The molecule has 15 atom stereocenters. The summed E-state index contributed by atoms with van der Waals surface area (Å²) in [6, 6.07) is 0. The number of hydrogen-bond donors (Lipinski definition) is 7. The molecule has 1 heterocycles. The lowest BCUT2D eigenvalue weighted by atomic mass is 9.38. The molecule has 0 aromatic rings. The molecule has 0 spiro atoms. The molecule has 12 nitrogen and oxygen atoms in total. The zero-order chi connectivity index (χ0) is 37.6. The highest BCUT2D eigenvalue weighted by atomic mass is 16.7. The fourth-order valence-electron chi connectivity index (χ4n) is 11.3. The average Bonchev–Trinajstić information content (AvgIpc) is 3.23. The molecule has 7 N–H and O–H groups in total. The summed E-state index contributed by atoms with van der Waals surface area (Å²) < 4.78 is 17.2. The molecule has 3 unspecified atom stereocenters. The zero-order valence-electron chi connectivity index (χ0n) is 31.0. The molecule has 3 saturated carbocycles. The summed E-state index contributed by atoms with van der Waals surface area (Å²) in [7, 11) is 0. The number of hydrogen-bond acceptors (Lipinski definition) is 12. The van der Waals surface area contributed by atoms with Crippen molar-refractivity contribution in [1.82, 2.24) is 0 Å². The van der Waals surface area contributed by atoms with Gasteiger partial charge in [0.25, 0.3) is 0 Å². The van der Waals surface area contributed by atoms with Crippen LogP contribution < -0.4 is 0 Å². The van der Waals surface area contributed by atoms with Crippen molar-refractivity contribution in [2.24, 2.45) is 39.4 Å². The van der Waals surface area contributed by atoms with Crippen LogP contribution in [0.5, 0.6) is 0 Å². The maximum absolute atomic E-state index is 13.7. The van der Waals surface area contributed by atoms with Crippen LogP contribution in [0.2, 0.25) is 0 Å². The number of carbonyl (C=O) groups is 2. The van der Waals surface area contributed by atoms with E-state index in [9.17, 15) is 45.3 Å². The molecule has 5 rings (SSSR count). The van der Waals surface area contributed by atoms with Gasteiger partial charge < -0.3 is 50.0 Å². The molecular formula is C38H60O12. The van der Waals surface area contributed by atoms with E-state index in [4.69, 9.17) is 14.2 Å². The van der Waals surface area contributed by atoms with Crippen LogP contribution in [0.1, 0.15) is 94.4 Å². The molecule has 0 aromatic heterocycles. The Balaban J connectivity index is 1.44. The number of aliphatic hydroxyl groups is 7. The predicted molar refractivity (Wildman–Crippen MR) is 181 cm³/mol. The van der Waals surface area contributed by atoms with E-state index in [1.165, 1.54) is 26.0 Å². The van der Waals surface area contributed by atoms with E-state index in [1.54, 1.807) is 13.8 Å². The number of ketones is 1. The molecular weight excluding hydrogens is 648 g/mol. The first kappa shape index (κ1) is 39.5. The van der Waals surface area contributed by atoms with Gasteiger partial charge in [-0.3, -0.25) is 9.59 Å². The number of fused-ring (bicyclic) bond motifs is 5. The monoisotopic (exact) mass is 708 g/mol. The lowest BCUT2D eigenvalue weighted by molar-refractivity contribution is -0.324. The highest BCUT2D eigenvalue weighted by Gasteiger charge is 2.72. The van der Waals surface area contributed by atoms with Gasteiger partial charge in [0.15, 0.2) is 12.1 Å². The van der Waals surface area contributed by atoms with Gasteiger partial charge in [-0.25, -0.2) is 0 Å². The summed E-state index contributed by atoms with van der Waals surface area (Å²) in [6.07, 6.45) is -2.30. The van der Waals surface area contributed by atoms with Gasteiger partial charge in [0.05, 0.1) is 24.9 Å². The van der Waals surface area contributed by atoms with E-state index in [2.05, 4.69) is 26.8 Å². The second-order valence-corrected chi connectivity index (χ2v) is 17.9. The topological polar surface area (TPSA) is 203 Å². The Hall–Kier alpha value is -1.74. The first-order chi connectivity index (χ1) is 22.9. The molecule has 0 radical (unpaired) electrons. The Morgan fingerprint density at radius 1 is 0.980 bits per heavy atom. The fraction of sp³-hybridized carbons (Fsp3) is 0.842. The highest BCUT2D eigenvalue weighted by molar-refractivity contribution is 5.97. The van der Waals surface area contributed by atoms with E-state index in [-0.39, 0.29) is 17.3 Å². The van der Waals surface area contributed by atoms with Gasteiger partial charge in [0.2, 0.25) is 0 Å². The van der Waals surface area contributed by atoms with E-state index in [0.717, 1.165) is 5.57 Å². The van der Waals surface area contributed by atoms with Crippen molar-refractivity contribution in [1.29, 1.82) is 0 Å². The van der Waals surface area contributed by atoms with Crippen molar-refractivity contribution in [3.8, 4) is 0 Å². The van der Waals surface area contributed by atoms with Gasteiger partial charge in [-0.05, 0) is 93.1 Å². The Labute approximate surface area is 295 Å². The summed E-state index contributed by atoms with van der Waals surface area (Å²) in [5.41, 5.74) is -4.03. The molecule has 4 fully saturated rings. The summed E-state index contributed by atoms with van der Waals surface area (Å²) in [6.45, 7) is 15.9. The van der Waals surface area contributed by atoms with E-state index in [0.29, 0.717) is 32.1 Å². The van der Waals surface area contributed by atoms with Crippen molar-refractivity contribution >= 4 is 11.8 Å². The van der Waals surface area contributed by atoms with Gasteiger partial charge >= 0.3 is 5.97 Å². The van der Waals surface area contributed by atoms with E-state index >= 15 is 0 Å². The number of carbonyl (C=O) groups excluding carboxylic acids is 2. The molecule has 12 heteroatoms. The van der Waals surface area contributed by atoms with Crippen LogP contribution in [-0.2, 0) is 23.8 Å². The van der Waals surface area contributed by atoms with Crippen LogP contribution >= 0.6 is 0 Å². The Morgan fingerprint density at radius 3 is 2.22 bits per heavy atom. The minimum atomic E-state index is -1.90. The van der Waals surface area contributed by atoms with Crippen molar-refractivity contribution in [3.63, 3.8) is 0 Å². The van der Waals surface area contributed by atoms with Crippen LogP contribution in [-0.4, -0.2) is 114 Å². The largest absolute Gasteiger partial charge is 0.456 e. The molecule has 1 aliphatic heterocycles. The maximum Gasteiger partial charge on any atom is 0.303 e. The summed E-state index contributed by atoms with van der Waals surface area (Å²) in [5, 5.41) is 76.5. The van der Waals surface area contributed by atoms with Crippen LogP contribution in [0.3, 0.4) is 0 Å². The molecule has 0 bridgehead atoms. The molecule has 4 aliphatic carbocycles. The number of ether oxygens (including phenoxy) is 3. The molecule has 0 aromatic carbocycles. The van der Waals surface area contributed by atoms with Gasteiger partial charge in [0.1, 0.15) is 35.6 Å². The third-order valence-corrected chi connectivity index (χ3v) is 14.1. The third kappa shape index (κ3) is 6.04. The fourth-order valence-corrected chi connectivity index (χ4v) is 11.3. The van der Waals surface area contributed by atoms with Crippen LogP contribution in [0.25, 0.3) is 0 Å². The van der Waals surface area contributed by atoms with Crippen molar-refractivity contribution in [3.05, 3.63) is 23.8 Å². The molecule has 50 heavy (non-hydrogen) atoms. The first-order valence-corrected chi connectivity index (χ1v) is 18.1. The maximum atomic E-state index is 13.7. The first-order valence-electron chi connectivity index (χ1n) is 18.1. The minimum absolute atomic E-state index is 0.0328. The highest BCUT2D eigenvalue weighted by Crippen LogP contribution is 2.75. The van der Waals surface area contributed by atoms with Crippen molar-refractivity contribution < 1.29 is 59.5 Å². The average molecular weight is 709 g/mol. The Bertz CT molecular complexity index is 1390. The second kappa shape index (κ2) is 13.0. The lowest BCUT2D eigenvalue weighted by Crippen LogP contribution is -2.64. The normalized spacial score (nSPS) is 47.0. The number of rotatable bonds is 8. The summed E-state index contributed by atoms with van der Waals surface area (Å²) in [4.78, 5) is 25.2. The standard InChI is InChI=1S/C38H60O12/c1-19(40)50-33(2,3)13-12-26(42)38(9,47)30-22(41)17-37(8)25-11-10-20-21(35(25,6)14-15-36(30,37)7)16-23(31(46)34(20,4)5)48-32-29(45)28(44)27(43)24(18-39)49-32/h10,12-13,21-25,27-32,39,41,43-47H,11,14-18H2,1-9H3/b13-12+/t21?,22-,23+,24-,25?,27-,28+,29-,30?,31+,32-,35+,36-,37+,38+/m1/s1. The molecule has 1 saturated heterocycles. The van der Waals surface area contributed by atoms with Gasteiger partial charge in [-0.15, -0.1) is 0 Å². The van der Waals surface area contributed by atoms with Crippen molar-refractivity contribution in [2.45, 2.75) is 155 Å². The minimum Gasteiger partial charge on any atom is -0.456 e. The summed E-state index contributed by atoms with van der Waals surface area (Å²) >= 11 is 0. The SMILES string of the molecule is CC(=O)OC(C)(C)/C=C/C(=O)[C@](C)(O)C1[C@H](O)C[C@@]2(C)C3CC=C4C(C[C@H](O[C@@H]5O[C@H](CO)[C@@H](O)[C@H](O)[C@H]5O)[C@H](O)C4(C)C)[C@]3(C)CC[C@]12C. The molecule has 284 valence electrons. The number of esters is 1. The van der Waals surface area contributed by atoms with Gasteiger partial charge in [0, 0.05) is 18.3 Å². The smallest absolute Gasteiger partial charge is 0.303 e. The zero-order valence-corrected chi connectivity index (χ0v) is 31.0. The molecule has 0 amide bonds. The van der Waals surface area contributed by atoms with Crippen LogP contribution in [0, 0.1) is 39.4 Å². The van der Waals surface area contributed by atoms with Gasteiger partial charge in [-0.1, -0.05) is 46.3 Å². The number of aliphatic hydroxyl groups excluding tert-OH is 6. The molecule has 5 aliphatic rings. The Kier molecular flexibility index (Phi) is 10.2. The van der Waals surface area contributed by atoms with Gasteiger partial charge in [-0.2, -0.15) is 0 Å². The Morgan fingerprint density at radius 2 is 1.62 bits per heavy atom.